The summed E-state index contributed by atoms with van der Waals surface area (Å²) >= 11 is 0. The Morgan fingerprint density at radius 3 is 2.15 bits per heavy atom. The monoisotopic (exact) mass is 268 g/mol. The average Bonchev–Trinajstić information content (AvgIpc) is 2.46. The lowest BCUT2D eigenvalue weighted by Gasteiger charge is -2.03. The van der Waals surface area contributed by atoms with Gasteiger partial charge in [-0.3, -0.25) is 14.9 Å². The maximum absolute atomic E-state index is 11.5. The Balaban J connectivity index is 2.39. The van der Waals surface area contributed by atoms with Gasteiger partial charge in [0.1, 0.15) is 0 Å². The highest BCUT2D eigenvalue weighted by atomic mass is 16.6. The minimum absolute atomic E-state index is 0.00230. The van der Waals surface area contributed by atoms with Crippen molar-refractivity contribution in [3.63, 3.8) is 0 Å². The molecule has 0 fully saturated rings. The highest BCUT2D eigenvalue weighted by molar-refractivity contribution is 6.23. The second-order valence-electron chi connectivity index (χ2n) is 4.14. The third-order valence-corrected chi connectivity index (χ3v) is 2.77. The summed E-state index contributed by atoms with van der Waals surface area (Å²) in [5.41, 5.74) is 7.12. The van der Waals surface area contributed by atoms with E-state index in [0.29, 0.717) is 16.7 Å². The van der Waals surface area contributed by atoms with Crippen LogP contribution in [0.5, 0.6) is 0 Å². The number of nitrogens with two attached hydrogens (primary N) is 1. The predicted octanol–water partition coefficient (Wildman–Crippen LogP) is 2.62. The second kappa shape index (κ2) is 5.79. The SMILES string of the molecule is NC(=O)/C(=C\c1ccc([N+](=O)[O-])cc1)c1ccccc1. The van der Waals surface area contributed by atoms with Crippen LogP contribution in [0.2, 0.25) is 0 Å². The number of hydrogen-bond acceptors (Lipinski definition) is 3. The van der Waals surface area contributed by atoms with Crippen molar-refractivity contribution in [1.82, 2.24) is 0 Å². The zero-order valence-electron chi connectivity index (χ0n) is 10.5. The molecule has 2 aromatic rings. The summed E-state index contributed by atoms with van der Waals surface area (Å²) in [6.07, 6.45) is 1.61. The van der Waals surface area contributed by atoms with Gasteiger partial charge in [0.15, 0.2) is 0 Å². The van der Waals surface area contributed by atoms with Gasteiger partial charge in [0, 0.05) is 17.7 Å². The molecule has 0 heterocycles. The van der Waals surface area contributed by atoms with E-state index in [2.05, 4.69) is 0 Å². The Bertz CT molecular complexity index is 661. The first-order valence-corrected chi connectivity index (χ1v) is 5.89. The van der Waals surface area contributed by atoms with Crippen LogP contribution in [0.1, 0.15) is 11.1 Å². The number of benzene rings is 2. The van der Waals surface area contributed by atoms with E-state index in [0.717, 1.165) is 0 Å². The van der Waals surface area contributed by atoms with Crippen LogP contribution in [0.4, 0.5) is 5.69 Å². The van der Waals surface area contributed by atoms with Crippen molar-refractivity contribution in [3.8, 4) is 0 Å². The molecule has 20 heavy (non-hydrogen) atoms. The van der Waals surface area contributed by atoms with E-state index in [4.69, 9.17) is 5.73 Å². The number of nitrogens with zero attached hydrogens (tertiary/aromatic N) is 1. The van der Waals surface area contributed by atoms with E-state index < -0.39 is 10.8 Å². The first-order chi connectivity index (χ1) is 9.58. The fraction of sp³-hybridized carbons (Fsp3) is 0. The van der Waals surface area contributed by atoms with Gasteiger partial charge in [-0.15, -0.1) is 0 Å². The number of primary amides is 1. The number of non-ortho nitro benzene ring substituents is 1. The molecule has 1 amide bonds. The van der Waals surface area contributed by atoms with E-state index in [-0.39, 0.29) is 5.69 Å². The highest BCUT2D eigenvalue weighted by Gasteiger charge is 2.09. The molecule has 2 aromatic carbocycles. The van der Waals surface area contributed by atoms with Crippen molar-refractivity contribution in [2.24, 2.45) is 5.73 Å². The van der Waals surface area contributed by atoms with Crippen LogP contribution >= 0.6 is 0 Å². The molecule has 2 rings (SSSR count). The number of nitro groups is 1. The van der Waals surface area contributed by atoms with E-state index in [1.54, 1.807) is 30.3 Å². The Morgan fingerprint density at radius 2 is 1.65 bits per heavy atom. The van der Waals surface area contributed by atoms with Crippen LogP contribution in [0.15, 0.2) is 54.6 Å². The lowest BCUT2D eigenvalue weighted by atomic mass is 10.0. The molecule has 0 aliphatic carbocycles. The summed E-state index contributed by atoms with van der Waals surface area (Å²) < 4.78 is 0. The third kappa shape index (κ3) is 3.08. The number of carbonyl (C=O) groups excluding carboxylic acids is 1. The van der Waals surface area contributed by atoms with Crippen LogP contribution in [0.3, 0.4) is 0 Å². The standard InChI is InChI=1S/C15H12N2O3/c16-15(18)14(12-4-2-1-3-5-12)10-11-6-8-13(9-7-11)17(19)20/h1-10H,(H2,16,18)/b14-10-. The fourth-order valence-corrected chi connectivity index (χ4v) is 1.77. The fourth-order valence-electron chi connectivity index (χ4n) is 1.77. The number of carbonyl (C=O) groups is 1. The molecular formula is C15H12N2O3. The number of hydrogen-bond donors (Lipinski definition) is 1. The highest BCUT2D eigenvalue weighted by Crippen LogP contribution is 2.19. The average molecular weight is 268 g/mol. The van der Waals surface area contributed by atoms with Crippen molar-refractivity contribution < 1.29 is 9.72 Å². The molecule has 0 saturated heterocycles. The molecule has 2 N–H and O–H groups in total. The van der Waals surface area contributed by atoms with Crippen LogP contribution < -0.4 is 5.73 Å². The van der Waals surface area contributed by atoms with Gasteiger partial charge < -0.3 is 5.73 Å². The molecule has 0 aromatic heterocycles. The summed E-state index contributed by atoms with van der Waals surface area (Å²) in [6.45, 7) is 0. The molecule has 0 aliphatic heterocycles. The molecule has 0 radical (unpaired) electrons. The molecular weight excluding hydrogens is 256 g/mol. The van der Waals surface area contributed by atoms with Crippen molar-refractivity contribution in [2.75, 3.05) is 0 Å². The molecule has 0 unspecified atom stereocenters. The lowest BCUT2D eigenvalue weighted by Crippen LogP contribution is -2.12. The van der Waals surface area contributed by atoms with Gasteiger partial charge in [0.05, 0.1) is 4.92 Å². The Morgan fingerprint density at radius 1 is 1.05 bits per heavy atom. The van der Waals surface area contributed by atoms with Gasteiger partial charge in [0.25, 0.3) is 5.69 Å². The van der Waals surface area contributed by atoms with Crippen molar-refractivity contribution >= 4 is 23.2 Å². The van der Waals surface area contributed by atoms with E-state index in [1.165, 1.54) is 12.1 Å². The molecule has 5 heteroatoms. The summed E-state index contributed by atoms with van der Waals surface area (Å²) in [4.78, 5) is 21.6. The van der Waals surface area contributed by atoms with Gasteiger partial charge in [0.2, 0.25) is 5.91 Å². The maximum Gasteiger partial charge on any atom is 0.269 e. The van der Waals surface area contributed by atoms with Crippen molar-refractivity contribution in [1.29, 1.82) is 0 Å². The maximum atomic E-state index is 11.5. The zero-order chi connectivity index (χ0) is 14.5. The van der Waals surface area contributed by atoms with Gasteiger partial charge in [-0.25, -0.2) is 0 Å². The number of nitro benzene ring substituents is 1. The topological polar surface area (TPSA) is 86.2 Å². The quantitative estimate of drug-likeness (QED) is 0.400. The largest absolute Gasteiger partial charge is 0.366 e. The van der Waals surface area contributed by atoms with Crippen LogP contribution in [-0.4, -0.2) is 10.8 Å². The Kier molecular flexibility index (Phi) is 3.91. The van der Waals surface area contributed by atoms with Crippen molar-refractivity contribution in [3.05, 3.63) is 75.8 Å². The normalized spacial score (nSPS) is 11.1. The van der Waals surface area contributed by atoms with E-state index >= 15 is 0 Å². The molecule has 0 spiro atoms. The smallest absolute Gasteiger partial charge is 0.269 e. The Hall–Kier alpha value is -2.95. The van der Waals surface area contributed by atoms with Crippen LogP contribution in [0, 0.1) is 10.1 Å². The molecule has 100 valence electrons. The van der Waals surface area contributed by atoms with Gasteiger partial charge in [-0.05, 0) is 29.3 Å². The zero-order valence-corrected chi connectivity index (χ0v) is 10.5. The molecule has 0 atom stereocenters. The first kappa shape index (κ1) is 13.5. The summed E-state index contributed by atoms with van der Waals surface area (Å²) in [7, 11) is 0. The van der Waals surface area contributed by atoms with Crippen molar-refractivity contribution in [2.45, 2.75) is 0 Å². The van der Waals surface area contributed by atoms with Gasteiger partial charge >= 0.3 is 0 Å². The number of rotatable bonds is 4. The summed E-state index contributed by atoms with van der Waals surface area (Å²) in [5.74, 6) is -0.547. The van der Waals surface area contributed by atoms with Crippen LogP contribution in [-0.2, 0) is 4.79 Å². The molecule has 0 bridgehead atoms. The molecule has 0 aliphatic rings. The Labute approximate surface area is 115 Å². The molecule has 0 saturated carbocycles. The first-order valence-electron chi connectivity index (χ1n) is 5.89. The third-order valence-electron chi connectivity index (χ3n) is 2.77. The van der Waals surface area contributed by atoms with Gasteiger partial charge in [-0.2, -0.15) is 0 Å². The minimum atomic E-state index is -0.547. The second-order valence-corrected chi connectivity index (χ2v) is 4.14. The number of amides is 1. The lowest BCUT2D eigenvalue weighted by molar-refractivity contribution is -0.384. The van der Waals surface area contributed by atoms with E-state index in [9.17, 15) is 14.9 Å². The minimum Gasteiger partial charge on any atom is -0.366 e. The van der Waals surface area contributed by atoms with Gasteiger partial charge in [-0.1, -0.05) is 30.3 Å². The predicted molar refractivity (Wildman–Crippen MR) is 76.6 cm³/mol. The summed E-state index contributed by atoms with van der Waals surface area (Å²) in [5, 5.41) is 10.6. The summed E-state index contributed by atoms with van der Waals surface area (Å²) in [6, 6.07) is 14.9. The van der Waals surface area contributed by atoms with E-state index in [1.807, 2.05) is 18.2 Å². The molecule has 5 nitrogen and oxygen atoms in total. The van der Waals surface area contributed by atoms with Crippen LogP contribution in [0.25, 0.3) is 11.6 Å².